The van der Waals surface area contributed by atoms with Gasteiger partial charge in [0.25, 0.3) is 0 Å². The van der Waals surface area contributed by atoms with Crippen LogP contribution in [0.3, 0.4) is 0 Å². The molecule has 0 aromatic carbocycles. The van der Waals surface area contributed by atoms with Crippen LogP contribution in [0.4, 0.5) is 5.00 Å². The van der Waals surface area contributed by atoms with Crippen LogP contribution in [0.15, 0.2) is 22.5 Å². The second-order valence-corrected chi connectivity index (χ2v) is 7.42. The number of thiophene rings is 1. The van der Waals surface area contributed by atoms with Gasteiger partial charge in [0.05, 0.1) is 5.00 Å². The van der Waals surface area contributed by atoms with E-state index in [9.17, 15) is 0 Å². The molecule has 0 aliphatic carbocycles. The molecule has 150 valence electrons. The summed E-state index contributed by atoms with van der Waals surface area (Å²) in [6, 6.07) is 4.88. The van der Waals surface area contributed by atoms with E-state index in [0.717, 1.165) is 58.2 Å². The lowest BCUT2D eigenvalue weighted by Gasteiger charge is -2.33. The van der Waals surface area contributed by atoms with Crippen molar-refractivity contribution in [2.75, 3.05) is 50.7 Å². The maximum absolute atomic E-state index is 4.77. The first kappa shape index (κ1) is 23.5. The Balaban J connectivity index is 0.00000338. The third-order valence-corrected chi connectivity index (χ3v) is 5.72. The molecule has 0 saturated carbocycles. The van der Waals surface area contributed by atoms with Crippen molar-refractivity contribution in [3.05, 3.63) is 17.5 Å². The van der Waals surface area contributed by atoms with Crippen molar-refractivity contribution in [3.63, 3.8) is 0 Å². The van der Waals surface area contributed by atoms with Crippen molar-refractivity contribution in [1.29, 1.82) is 0 Å². The largest absolute Gasteiger partial charge is 0.363 e. The van der Waals surface area contributed by atoms with Crippen molar-refractivity contribution in [2.24, 2.45) is 4.99 Å². The standard InChI is InChI=1S/C19H35N5S.HI/c1-4-20-19(21-12-8-13-23(5-2)6-3)22-17-10-14-24(15-11-17)18-9-7-16-25-18;/h7,9,16-17H,4-6,8,10-15H2,1-3H3,(H2,20,21,22);1H. The van der Waals surface area contributed by atoms with Gasteiger partial charge in [-0.25, -0.2) is 0 Å². The number of halogens is 1. The highest BCUT2D eigenvalue weighted by molar-refractivity contribution is 14.0. The number of anilines is 1. The molecule has 1 aliphatic heterocycles. The first-order chi connectivity index (χ1) is 12.3. The molecule has 1 aromatic rings. The van der Waals surface area contributed by atoms with Gasteiger partial charge in [-0.3, -0.25) is 4.99 Å². The summed E-state index contributed by atoms with van der Waals surface area (Å²) in [7, 11) is 0. The smallest absolute Gasteiger partial charge is 0.191 e. The minimum absolute atomic E-state index is 0. The van der Waals surface area contributed by atoms with E-state index in [1.807, 2.05) is 11.3 Å². The average Bonchev–Trinajstić information content (AvgIpc) is 3.17. The number of nitrogens with one attached hydrogen (secondary N) is 2. The number of nitrogens with zero attached hydrogens (tertiary/aromatic N) is 3. The third kappa shape index (κ3) is 8.00. The molecule has 7 heteroatoms. The topological polar surface area (TPSA) is 42.9 Å². The second-order valence-electron chi connectivity index (χ2n) is 6.50. The van der Waals surface area contributed by atoms with E-state index in [4.69, 9.17) is 4.99 Å². The first-order valence-corrected chi connectivity index (χ1v) is 10.7. The Labute approximate surface area is 180 Å². The quantitative estimate of drug-likeness (QED) is 0.239. The summed E-state index contributed by atoms with van der Waals surface area (Å²) in [5.41, 5.74) is 0. The highest BCUT2D eigenvalue weighted by Crippen LogP contribution is 2.24. The van der Waals surface area contributed by atoms with Crippen molar-refractivity contribution in [1.82, 2.24) is 15.5 Å². The normalized spacial score (nSPS) is 15.8. The van der Waals surface area contributed by atoms with Crippen LogP contribution in [-0.2, 0) is 0 Å². The maximum atomic E-state index is 4.77. The molecule has 2 rings (SSSR count). The summed E-state index contributed by atoms with van der Waals surface area (Å²) in [6.45, 7) is 14.0. The van der Waals surface area contributed by atoms with Gasteiger partial charge in [0.1, 0.15) is 0 Å². The summed E-state index contributed by atoms with van der Waals surface area (Å²) < 4.78 is 0. The van der Waals surface area contributed by atoms with Crippen molar-refractivity contribution >= 4 is 46.3 Å². The molecule has 0 unspecified atom stereocenters. The van der Waals surface area contributed by atoms with Gasteiger partial charge in [-0.15, -0.1) is 35.3 Å². The molecule has 1 fully saturated rings. The van der Waals surface area contributed by atoms with Gasteiger partial charge in [0.15, 0.2) is 5.96 Å². The van der Waals surface area contributed by atoms with Crippen LogP contribution >= 0.6 is 35.3 Å². The molecule has 0 bridgehead atoms. The molecular weight excluding hydrogens is 457 g/mol. The van der Waals surface area contributed by atoms with E-state index in [1.165, 1.54) is 17.8 Å². The van der Waals surface area contributed by atoms with E-state index < -0.39 is 0 Å². The zero-order valence-electron chi connectivity index (χ0n) is 16.5. The summed E-state index contributed by atoms with van der Waals surface area (Å²) in [4.78, 5) is 9.72. The van der Waals surface area contributed by atoms with Gasteiger partial charge < -0.3 is 20.4 Å². The van der Waals surface area contributed by atoms with E-state index in [-0.39, 0.29) is 24.0 Å². The number of hydrogen-bond donors (Lipinski definition) is 2. The molecule has 0 amide bonds. The lowest BCUT2D eigenvalue weighted by atomic mass is 10.1. The van der Waals surface area contributed by atoms with Crippen LogP contribution in [0.1, 0.15) is 40.0 Å². The van der Waals surface area contributed by atoms with Gasteiger partial charge in [-0.2, -0.15) is 0 Å². The number of rotatable bonds is 9. The lowest BCUT2D eigenvalue weighted by Crippen LogP contribution is -2.48. The summed E-state index contributed by atoms with van der Waals surface area (Å²) in [5.74, 6) is 0.983. The van der Waals surface area contributed by atoms with E-state index in [0.29, 0.717) is 6.04 Å². The molecule has 0 spiro atoms. The average molecular weight is 494 g/mol. The van der Waals surface area contributed by atoms with E-state index >= 15 is 0 Å². The Morgan fingerprint density at radius 1 is 1.27 bits per heavy atom. The van der Waals surface area contributed by atoms with Gasteiger partial charge in [0.2, 0.25) is 0 Å². The minimum atomic E-state index is 0. The fourth-order valence-corrected chi connectivity index (χ4v) is 4.02. The van der Waals surface area contributed by atoms with Crippen molar-refractivity contribution in [2.45, 2.75) is 46.1 Å². The molecule has 26 heavy (non-hydrogen) atoms. The number of guanidine groups is 1. The Morgan fingerprint density at radius 3 is 2.58 bits per heavy atom. The molecule has 1 aromatic heterocycles. The summed E-state index contributed by atoms with van der Waals surface area (Å²) in [5, 5.41) is 10.6. The van der Waals surface area contributed by atoms with Crippen LogP contribution in [0.2, 0.25) is 0 Å². The highest BCUT2D eigenvalue weighted by Gasteiger charge is 2.20. The second kappa shape index (κ2) is 13.6. The van der Waals surface area contributed by atoms with Gasteiger partial charge >= 0.3 is 0 Å². The maximum Gasteiger partial charge on any atom is 0.191 e. The summed E-state index contributed by atoms with van der Waals surface area (Å²) in [6.07, 6.45) is 3.46. The van der Waals surface area contributed by atoms with Crippen molar-refractivity contribution < 1.29 is 0 Å². The molecule has 0 atom stereocenters. The molecule has 1 aliphatic rings. The van der Waals surface area contributed by atoms with Crippen LogP contribution in [0.5, 0.6) is 0 Å². The van der Waals surface area contributed by atoms with Gasteiger partial charge in [-0.05, 0) is 63.3 Å². The third-order valence-electron chi connectivity index (χ3n) is 4.79. The Bertz CT molecular complexity index is 482. The molecular formula is C19H36IN5S. The van der Waals surface area contributed by atoms with Crippen LogP contribution in [0, 0.1) is 0 Å². The molecule has 5 nitrogen and oxygen atoms in total. The van der Waals surface area contributed by atoms with Crippen LogP contribution in [-0.4, -0.2) is 62.7 Å². The van der Waals surface area contributed by atoms with Crippen LogP contribution < -0.4 is 15.5 Å². The fourth-order valence-electron chi connectivity index (χ4n) is 3.23. The monoisotopic (exact) mass is 493 g/mol. The Hall–Kier alpha value is -0.540. The fraction of sp³-hybridized carbons (Fsp3) is 0.737. The van der Waals surface area contributed by atoms with Gasteiger partial charge in [0, 0.05) is 32.2 Å². The molecule has 2 N–H and O–H groups in total. The zero-order chi connectivity index (χ0) is 17.9. The molecule has 2 heterocycles. The predicted octanol–water partition coefficient (Wildman–Crippen LogP) is 3.62. The predicted molar refractivity (Wildman–Crippen MR) is 126 cm³/mol. The first-order valence-electron chi connectivity index (χ1n) is 9.82. The minimum Gasteiger partial charge on any atom is -0.363 e. The Kier molecular flexibility index (Phi) is 12.3. The SMILES string of the molecule is CCNC(=NCCCN(CC)CC)NC1CCN(c2cccs2)CC1.I. The zero-order valence-corrected chi connectivity index (χ0v) is 19.7. The molecule has 1 saturated heterocycles. The summed E-state index contributed by atoms with van der Waals surface area (Å²) >= 11 is 1.84. The van der Waals surface area contributed by atoms with Crippen LogP contribution in [0.25, 0.3) is 0 Å². The number of hydrogen-bond acceptors (Lipinski definition) is 4. The lowest BCUT2D eigenvalue weighted by molar-refractivity contribution is 0.302. The molecule has 0 radical (unpaired) electrons. The Morgan fingerprint density at radius 2 is 2.00 bits per heavy atom. The van der Waals surface area contributed by atoms with E-state index in [2.05, 4.69) is 58.7 Å². The highest BCUT2D eigenvalue weighted by atomic mass is 127. The number of piperidine rings is 1. The number of aliphatic imine (C=N–C) groups is 1. The van der Waals surface area contributed by atoms with Crippen molar-refractivity contribution in [3.8, 4) is 0 Å². The van der Waals surface area contributed by atoms with Gasteiger partial charge in [-0.1, -0.05) is 13.8 Å². The van der Waals surface area contributed by atoms with E-state index in [1.54, 1.807) is 0 Å².